The van der Waals surface area contributed by atoms with Crippen LogP contribution < -0.4 is 0 Å². The van der Waals surface area contributed by atoms with Gasteiger partial charge in [0.25, 0.3) is 0 Å². The predicted octanol–water partition coefficient (Wildman–Crippen LogP) is 5.34. The molecule has 18 heavy (non-hydrogen) atoms. The highest BCUT2D eigenvalue weighted by Gasteiger charge is 1.93. The monoisotopic (exact) mass is 238 g/mol. The van der Waals surface area contributed by atoms with Crippen LogP contribution in [0.1, 0.15) is 31.4 Å². The van der Waals surface area contributed by atoms with Crippen molar-refractivity contribution in [1.82, 2.24) is 0 Å². The van der Waals surface area contributed by atoms with E-state index in [-0.39, 0.29) is 0 Å². The van der Waals surface area contributed by atoms with E-state index in [1.807, 2.05) is 13.0 Å². The fraction of sp³-hybridized carbons (Fsp3) is 0.222. The molecule has 0 saturated carbocycles. The maximum atomic E-state index is 3.94. The molecule has 0 aliphatic carbocycles. The number of rotatable bonds is 6. The first-order chi connectivity index (χ1) is 8.67. The van der Waals surface area contributed by atoms with E-state index in [2.05, 4.69) is 62.6 Å². The molecule has 0 saturated heterocycles. The maximum Gasteiger partial charge on any atom is -0.00942 e. The molecule has 0 amide bonds. The highest BCUT2D eigenvalue weighted by molar-refractivity contribution is 5.61. The van der Waals surface area contributed by atoms with E-state index in [0.717, 1.165) is 18.4 Å². The first kappa shape index (κ1) is 14.2. The second-order valence-corrected chi connectivity index (χ2v) is 4.41. The molecule has 0 atom stereocenters. The van der Waals surface area contributed by atoms with E-state index in [1.54, 1.807) is 0 Å². The Labute approximate surface area is 111 Å². The van der Waals surface area contributed by atoms with Gasteiger partial charge in [0.1, 0.15) is 0 Å². The molecule has 0 spiro atoms. The third kappa shape index (κ3) is 4.58. The van der Waals surface area contributed by atoms with Gasteiger partial charge in [-0.3, -0.25) is 0 Å². The Bertz CT molecular complexity index is 455. The molecule has 0 aromatic heterocycles. The van der Waals surface area contributed by atoms with Crippen molar-refractivity contribution in [2.45, 2.75) is 26.7 Å². The minimum Gasteiger partial charge on any atom is -0.0991 e. The molecule has 1 aromatic carbocycles. The molecule has 0 nitrogen and oxygen atoms in total. The SMILES string of the molecule is C=C/C=C(\C=C/Cc1ccc(C(=C)C)cc1)CC. The van der Waals surface area contributed by atoms with Crippen molar-refractivity contribution in [3.63, 3.8) is 0 Å². The van der Waals surface area contributed by atoms with Crippen LogP contribution >= 0.6 is 0 Å². The first-order valence-corrected chi connectivity index (χ1v) is 6.40. The average Bonchev–Trinajstić information content (AvgIpc) is 2.38. The summed E-state index contributed by atoms with van der Waals surface area (Å²) in [6.07, 6.45) is 10.3. The van der Waals surface area contributed by atoms with Gasteiger partial charge in [0.15, 0.2) is 0 Å². The molecule has 0 radical (unpaired) electrons. The van der Waals surface area contributed by atoms with Gasteiger partial charge in [-0.1, -0.05) is 74.2 Å². The van der Waals surface area contributed by atoms with E-state index in [1.165, 1.54) is 16.7 Å². The normalized spacial score (nSPS) is 11.8. The summed E-state index contributed by atoms with van der Waals surface area (Å²) in [6, 6.07) is 8.59. The average molecular weight is 238 g/mol. The molecule has 0 unspecified atom stereocenters. The lowest BCUT2D eigenvalue weighted by Crippen LogP contribution is -1.83. The minimum absolute atomic E-state index is 0.963. The number of hydrogen-bond donors (Lipinski definition) is 0. The van der Waals surface area contributed by atoms with Crippen LogP contribution in [-0.2, 0) is 6.42 Å². The fourth-order valence-electron chi connectivity index (χ4n) is 1.71. The third-order valence-corrected chi connectivity index (χ3v) is 2.87. The predicted molar refractivity (Wildman–Crippen MR) is 82.6 cm³/mol. The zero-order valence-electron chi connectivity index (χ0n) is 11.4. The van der Waals surface area contributed by atoms with Crippen molar-refractivity contribution < 1.29 is 0 Å². The van der Waals surface area contributed by atoms with Crippen LogP contribution in [0.15, 0.2) is 67.3 Å². The summed E-state index contributed by atoms with van der Waals surface area (Å²) in [5, 5.41) is 0. The Morgan fingerprint density at radius 1 is 1.22 bits per heavy atom. The topological polar surface area (TPSA) is 0 Å². The third-order valence-electron chi connectivity index (χ3n) is 2.87. The van der Waals surface area contributed by atoms with Gasteiger partial charge in [-0.15, -0.1) is 0 Å². The van der Waals surface area contributed by atoms with E-state index >= 15 is 0 Å². The molecule has 0 fully saturated rings. The van der Waals surface area contributed by atoms with Crippen LogP contribution in [0, 0.1) is 0 Å². The molecule has 1 aromatic rings. The van der Waals surface area contributed by atoms with Gasteiger partial charge in [-0.25, -0.2) is 0 Å². The van der Waals surface area contributed by atoms with E-state index < -0.39 is 0 Å². The van der Waals surface area contributed by atoms with Gasteiger partial charge >= 0.3 is 0 Å². The molecule has 94 valence electrons. The van der Waals surface area contributed by atoms with Crippen molar-refractivity contribution in [2.75, 3.05) is 0 Å². The fourth-order valence-corrected chi connectivity index (χ4v) is 1.71. The van der Waals surface area contributed by atoms with Crippen LogP contribution in [0.5, 0.6) is 0 Å². The zero-order chi connectivity index (χ0) is 13.4. The lowest BCUT2D eigenvalue weighted by Gasteiger charge is -2.01. The van der Waals surface area contributed by atoms with E-state index in [4.69, 9.17) is 0 Å². The van der Waals surface area contributed by atoms with Gasteiger partial charge in [-0.05, 0) is 36.5 Å². The summed E-state index contributed by atoms with van der Waals surface area (Å²) in [6.45, 7) is 11.8. The van der Waals surface area contributed by atoms with Gasteiger partial charge < -0.3 is 0 Å². The summed E-state index contributed by atoms with van der Waals surface area (Å²) in [5.41, 5.74) is 4.96. The summed E-state index contributed by atoms with van der Waals surface area (Å²) < 4.78 is 0. The minimum atomic E-state index is 0.963. The summed E-state index contributed by atoms with van der Waals surface area (Å²) in [4.78, 5) is 0. The van der Waals surface area contributed by atoms with Crippen molar-refractivity contribution >= 4 is 5.57 Å². The largest absolute Gasteiger partial charge is 0.0991 e. The Kier molecular flexibility index (Phi) is 5.93. The van der Waals surface area contributed by atoms with Gasteiger partial charge in [-0.2, -0.15) is 0 Å². The number of hydrogen-bond acceptors (Lipinski definition) is 0. The van der Waals surface area contributed by atoms with Crippen molar-refractivity contribution in [1.29, 1.82) is 0 Å². The smallest absolute Gasteiger partial charge is 0.00942 e. The van der Waals surface area contributed by atoms with E-state index in [0.29, 0.717) is 0 Å². The Hall–Kier alpha value is -1.82. The quantitative estimate of drug-likeness (QED) is 0.587. The number of benzene rings is 1. The van der Waals surface area contributed by atoms with Crippen molar-refractivity contribution in [2.24, 2.45) is 0 Å². The van der Waals surface area contributed by atoms with Crippen LogP contribution in [-0.4, -0.2) is 0 Å². The van der Waals surface area contributed by atoms with Gasteiger partial charge in [0.2, 0.25) is 0 Å². The van der Waals surface area contributed by atoms with E-state index in [9.17, 15) is 0 Å². The van der Waals surface area contributed by atoms with Crippen LogP contribution in [0.25, 0.3) is 5.57 Å². The highest BCUT2D eigenvalue weighted by Crippen LogP contribution is 2.13. The molecule has 0 N–H and O–H groups in total. The molecule has 0 heteroatoms. The second kappa shape index (κ2) is 7.50. The standard InChI is InChI=1S/C18H22/c1-5-8-16(6-2)9-7-10-17-11-13-18(14-12-17)15(3)4/h5,7-9,11-14H,1,3,6,10H2,2,4H3/b9-7-,16-8-. The van der Waals surface area contributed by atoms with Crippen LogP contribution in [0.2, 0.25) is 0 Å². The molecular weight excluding hydrogens is 216 g/mol. The molecule has 0 bridgehead atoms. The summed E-state index contributed by atoms with van der Waals surface area (Å²) in [5.74, 6) is 0. The van der Waals surface area contributed by atoms with Crippen LogP contribution in [0.3, 0.4) is 0 Å². The van der Waals surface area contributed by atoms with Gasteiger partial charge in [0.05, 0.1) is 0 Å². The molecule has 0 heterocycles. The Balaban J connectivity index is 2.63. The second-order valence-electron chi connectivity index (χ2n) is 4.41. The lowest BCUT2D eigenvalue weighted by molar-refractivity contribution is 1.14. The van der Waals surface area contributed by atoms with Crippen LogP contribution in [0.4, 0.5) is 0 Å². The first-order valence-electron chi connectivity index (χ1n) is 6.40. The molecular formula is C18H22. The number of allylic oxidation sites excluding steroid dienone is 6. The summed E-state index contributed by atoms with van der Waals surface area (Å²) in [7, 11) is 0. The molecule has 0 aliphatic heterocycles. The lowest BCUT2D eigenvalue weighted by atomic mass is 10.0. The molecule has 0 aliphatic rings. The Morgan fingerprint density at radius 2 is 1.89 bits per heavy atom. The van der Waals surface area contributed by atoms with Crippen molar-refractivity contribution in [3.8, 4) is 0 Å². The van der Waals surface area contributed by atoms with Gasteiger partial charge in [0, 0.05) is 0 Å². The molecule has 1 rings (SSSR count). The summed E-state index contributed by atoms with van der Waals surface area (Å²) >= 11 is 0. The van der Waals surface area contributed by atoms with Crippen molar-refractivity contribution in [3.05, 3.63) is 78.4 Å². The maximum absolute atomic E-state index is 3.94. The zero-order valence-corrected chi connectivity index (χ0v) is 11.4. The highest BCUT2D eigenvalue weighted by atomic mass is 14.0. The Morgan fingerprint density at radius 3 is 2.39 bits per heavy atom.